The number of halogens is 1. The van der Waals surface area contributed by atoms with Crippen molar-refractivity contribution in [3.8, 4) is 33.6 Å². The van der Waals surface area contributed by atoms with Crippen LogP contribution in [0.4, 0.5) is 4.39 Å². The summed E-state index contributed by atoms with van der Waals surface area (Å²) in [5.74, 6) is 7.72. The van der Waals surface area contributed by atoms with Crippen LogP contribution in [0.5, 0.6) is 0 Å². The zero-order valence-electron chi connectivity index (χ0n) is 31.7. The molecule has 0 saturated heterocycles. The minimum absolute atomic E-state index is 0. The molecule has 0 amide bonds. The summed E-state index contributed by atoms with van der Waals surface area (Å²) in [6.07, 6.45) is 9.27. The quantitative estimate of drug-likeness (QED) is 0.123. The van der Waals surface area contributed by atoms with Crippen molar-refractivity contribution in [1.82, 2.24) is 9.97 Å². The SMILES string of the molecule is Cc1cc(-c2cc(-c3cc(C(C)(C)C4CCCC4)ccn3)[c-]c3sc4ccccc4c23)cc(C)c1F.[CH3][Ge]([CH3])([CH3])[c]1ccc(-c2[c-]cccc2)nc1.[Ir]. The molecular formula is C47H47FGeIrN2S-2. The summed E-state index contributed by atoms with van der Waals surface area (Å²) in [6.45, 7) is 8.47. The molecule has 3 heterocycles. The molecular weight excluding hydrogens is 908 g/mol. The van der Waals surface area contributed by atoms with Gasteiger partial charge in [0, 0.05) is 31.0 Å². The molecule has 1 saturated carbocycles. The molecule has 6 heteroatoms. The summed E-state index contributed by atoms with van der Waals surface area (Å²) >= 11 is 0.0477. The third kappa shape index (κ3) is 8.29. The zero-order chi connectivity index (χ0) is 36.6. The summed E-state index contributed by atoms with van der Waals surface area (Å²) in [5.41, 5.74) is 8.98. The first-order valence-electron chi connectivity index (χ1n) is 18.5. The monoisotopic (exact) mass is 957 g/mol. The molecule has 3 aromatic heterocycles. The number of benzene rings is 4. The van der Waals surface area contributed by atoms with Gasteiger partial charge in [-0.2, -0.15) is 11.3 Å². The fourth-order valence-corrected chi connectivity index (χ4v) is 11.0. The first-order chi connectivity index (χ1) is 24.9. The predicted molar refractivity (Wildman–Crippen MR) is 223 cm³/mol. The molecule has 53 heavy (non-hydrogen) atoms. The molecule has 1 aliphatic carbocycles. The molecule has 1 radical (unpaired) electrons. The number of rotatable bonds is 6. The van der Waals surface area contributed by atoms with Crippen LogP contribution in [-0.4, -0.2) is 23.2 Å². The summed E-state index contributed by atoms with van der Waals surface area (Å²) in [6, 6.07) is 38.3. The van der Waals surface area contributed by atoms with E-state index in [1.165, 1.54) is 51.1 Å². The third-order valence-electron chi connectivity index (χ3n) is 10.9. The van der Waals surface area contributed by atoms with Gasteiger partial charge in [-0.15, -0.1) is 17.7 Å². The van der Waals surface area contributed by atoms with E-state index in [0.29, 0.717) is 17.0 Å². The van der Waals surface area contributed by atoms with Crippen LogP contribution in [-0.2, 0) is 25.5 Å². The van der Waals surface area contributed by atoms with E-state index in [1.807, 2.05) is 62.6 Å². The topological polar surface area (TPSA) is 25.8 Å². The summed E-state index contributed by atoms with van der Waals surface area (Å²) in [5, 5.41) is 2.41. The van der Waals surface area contributed by atoms with E-state index in [0.717, 1.165) is 38.3 Å². The fourth-order valence-electron chi connectivity index (χ4n) is 7.65. The molecule has 0 bridgehead atoms. The largest absolute Gasteiger partial charge is 0 e. The number of fused-ring (bicyclic) bond motifs is 3. The Labute approximate surface area is 335 Å². The van der Waals surface area contributed by atoms with Gasteiger partial charge in [-0.3, -0.25) is 0 Å². The van der Waals surface area contributed by atoms with Crippen LogP contribution < -0.4 is 4.40 Å². The molecule has 4 aromatic carbocycles. The van der Waals surface area contributed by atoms with Crippen molar-refractivity contribution in [3.05, 3.63) is 138 Å². The Morgan fingerprint density at radius 1 is 0.811 bits per heavy atom. The van der Waals surface area contributed by atoms with E-state index >= 15 is 0 Å². The molecule has 0 unspecified atom stereocenters. The number of aromatic nitrogens is 2. The molecule has 273 valence electrons. The second kappa shape index (κ2) is 16.1. The maximum atomic E-state index is 14.5. The van der Waals surface area contributed by atoms with Gasteiger partial charge in [0.05, 0.1) is 0 Å². The number of thiophene rings is 1. The first-order valence-corrected chi connectivity index (χ1v) is 26.6. The van der Waals surface area contributed by atoms with Crippen molar-refractivity contribution in [1.29, 1.82) is 0 Å². The molecule has 0 spiro atoms. The number of hydrogen-bond donors (Lipinski definition) is 0. The Balaban J connectivity index is 0.000000238. The Morgan fingerprint density at radius 3 is 2.19 bits per heavy atom. The van der Waals surface area contributed by atoms with Gasteiger partial charge in [0.1, 0.15) is 5.82 Å². The summed E-state index contributed by atoms with van der Waals surface area (Å²) in [4.78, 5) is 9.34. The second-order valence-corrected chi connectivity index (χ2v) is 27.6. The van der Waals surface area contributed by atoms with Gasteiger partial charge >= 0.3 is 99.8 Å². The summed E-state index contributed by atoms with van der Waals surface area (Å²) in [7, 11) is 0. The van der Waals surface area contributed by atoms with Gasteiger partial charge in [-0.1, -0.05) is 74.0 Å². The first kappa shape index (κ1) is 39.2. The Kier molecular flexibility index (Phi) is 11.9. The van der Waals surface area contributed by atoms with E-state index in [2.05, 4.69) is 103 Å². The number of hydrogen-bond acceptors (Lipinski definition) is 3. The van der Waals surface area contributed by atoms with E-state index in [9.17, 15) is 4.39 Å². The molecule has 0 N–H and O–H groups in total. The molecule has 2 nitrogen and oxygen atoms in total. The average molecular weight is 956 g/mol. The van der Waals surface area contributed by atoms with E-state index in [1.54, 1.807) is 11.3 Å². The van der Waals surface area contributed by atoms with Crippen LogP contribution in [0.25, 0.3) is 53.8 Å². The minimum Gasteiger partial charge on any atom is 0 e. The van der Waals surface area contributed by atoms with E-state index in [4.69, 9.17) is 4.98 Å². The molecule has 0 aliphatic heterocycles. The maximum Gasteiger partial charge on any atom is 0 e. The minimum atomic E-state index is -1.72. The van der Waals surface area contributed by atoms with Crippen LogP contribution in [0.1, 0.15) is 56.2 Å². The number of aryl methyl sites for hydroxylation is 2. The predicted octanol–water partition coefficient (Wildman–Crippen LogP) is 12.9. The average Bonchev–Trinajstić information content (AvgIpc) is 3.83. The Bertz CT molecular complexity index is 2330. The van der Waals surface area contributed by atoms with Gasteiger partial charge in [-0.25, -0.2) is 4.39 Å². The van der Waals surface area contributed by atoms with Crippen molar-refractivity contribution in [2.45, 2.75) is 76.1 Å². The maximum absolute atomic E-state index is 14.5. The van der Waals surface area contributed by atoms with Gasteiger partial charge in [-0.05, 0) is 88.2 Å². The second-order valence-electron chi connectivity index (χ2n) is 15.9. The third-order valence-corrected chi connectivity index (χ3v) is 16.3. The van der Waals surface area contributed by atoms with Gasteiger partial charge in [0.15, 0.2) is 0 Å². The molecule has 0 atom stereocenters. The van der Waals surface area contributed by atoms with Crippen LogP contribution in [0.2, 0.25) is 17.3 Å². The standard InChI is InChI=1S/C33H31FNS.C14H16GeN.Ir/c1-20-15-22(16-21(2)32(20)34)27-17-23(18-30-31(27)26-11-7-8-12-29(26)36-30)28-19-25(13-14-35-28)33(3,4)24-9-5-6-10-24;1-15(2,3)13-9-10-14(16-11-13)12-7-5-4-6-8-12;/h7-8,11-17,19,24H,5-6,9-10H2,1-4H3;4-7,9-11H,1-3H3;/q2*-1;. The molecule has 1 fully saturated rings. The van der Waals surface area contributed by atoms with Gasteiger partial charge < -0.3 is 4.98 Å². The number of pyridine rings is 2. The summed E-state index contributed by atoms with van der Waals surface area (Å²) < 4.78 is 18.3. The van der Waals surface area contributed by atoms with Gasteiger partial charge in [0.25, 0.3) is 0 Å². The van der Waals surface area contributed by atoms with Crippen molar-refractivity contribution in [3.63, 3.8) is 0 Å². The molecule has 7 aromatic rings. The van der Waals surface area contributed by atoms with Crippen molar-refractivity contribution in [2.75, 3.05) is 0 Å². The molecule has 8 rings (SSSR count). The van der Waals surface area contributed by atoms with E-state index in [-0.39, 0.29) is 31.3 Å². The van der Waals surface area contributed by atoms with E-state index < -0.39 is 13.3 Å². The fraction of sp³-hybridized carbons (Fsp3) is 0.277. The Hall–Kier alpha value is -3.48. The van der Waals surface area contributed by atoms with Crippen molar-refractivity contribution < 1.29 is 24.5 Å². The van der Waals surface area contributed by atoms with Crippen molar-refractivity contribution >= 4 is 49.2 Å². The van der Waals surface area contributed by atoms with Crippen molar-refractivity contribution in [2.24, 2.45) is 5.92 Å². The van der Waals surface area contributed by atoms with Crippen LogP contribution in [0.3, 0.4) is 0 Å². The van der Waals surface area contributed by atoms with Crippen LogP contribution in [0.15, 0.2) is 103 Å². The zero-order valence-corrected chi connectivity index (χ0v) is 37.0. The molecule has 1 aliphatic rings. The Morgan fingerprint density at radius 2 is 1.53 bits per heavy atom. The van der Waals surface area contributed by atoms with Gasteiger partial charge in [0.2, 0.25) is 0 Å². The number of nitrogens with zero attached hydrogens (tertiary/aromatic N) is 2. The van der Waals surface area contributed by atoms with Crippen LogP contribution >= 0.6 is 11.3 Å². The normalized spacial score (nSPS) is 13.5. The van der Waals surface area contributed by atoms with Crippen LogP contribution in [0, 0.1) is 37.7 Å². The smallest absolute Gasteiger partial charge is 0 e.